The predicted octanol–water partition coefficient (Wildman–Crippen LogP) is 1.50. The van der Waals surface area contributed by atoms with Crippen LogP contribution in [0.5, 0.6) is 0 Å². The molecular weight excluding hydrogens is 174 g/mol. The molecule has 0 aliphatic carbocycles. The lowest BCUT2D eigenvalue weighted by atomic mass is 9.78. The van der Waals surface area contributed by atoms with E-state index in [-0.39, 0.29) is 5.92 Å². The van der Waals surface area contributed by atoms with E-state index in [4.69, 9.17) is 0 Å². The highest BCUT2D eigenvalue weighted by Crippen LogP contribution is 2.34. The van der Waals surface area contributed by atoms with Crippen molar-refractivity contribution in [3.05, 3.63) is 35.9 Å². The Morgan fingerprint density at radius 3 is 2.71 bits per heavy atom. The van der Waals surface area contributed by atoms with Gasteiger partial charge in [0.25, 0.3) is 0 Å². The van der Waals surface area contributed by atoms with Gasteiger partial charge in [0.1, 0.15) is 0 Å². The highest BCUT2D eigenvalue weighted by Gasteiger charge is 2.37. The van der Waals surface area contributed by atoms with Gasteiger partial charge in [-0.2, -0.15) is 0 Å². The van der Waals surface area contributed by atoms with E-state index in [2.05, 4.69) is 12.2 Å². The third kappa shape index (κ3) is 1.56. The quantitative estimate of drug-likeness (QED) is 0.705. The Morgan fingerprint density at radius 2 is 2.07 bits per heavy atom. The number of piperidine rings is 1. The summed E-state index contributed by atoms with van der Waals surface area (Å²) in [6, 6.07) is 9.99. The molecule has 1 heterocycles. The van der Waals surface area contributed by atoms with Crippen LogP contribution in [0.15, 0.2) is 30.3 Å². The van der Waals surface area contributed by atoms with Crippen LogP contribution < -0.4 is 5.32 Å². The van der Waals surface area contributed by atoms with Gasteiger partial charge >= 0.3 is 0 Å². The SMILES string of the molecule is CC1CNCCC1(O)c1ccccc1. The molecule has 76 valence electrons. The normalized spacial score (nSPS) is 32.9. The summed E-state index contributed by atoms with van der Waals surface area (Å²) in [5.41, 5.74) is 0.418. The lowest BCUT2D eigenvalue weighted by molar-refractivity contribution is -0.0392. The molecule has 2 unspecified atom stereocenters. The van der Waals surface area contributed by atoms with Crippen LogP contribution in [0.3, 0.4) is 0 Å². The second-order valence-corrected chi connectivity index (χ2v) is 4.15. The minimum Gasteiger partial charge on any atom is -0.385 e. The maximum absolute atomic E-state index is 10.6. The summed E-state index contributed by atoms with van der Waals surface area (Å²) < 4.78 is 0. The first kappa shape index (κ1) is 9.69. The van der Waals surface area contributed by atoms with Crippen LogP contribution in [-0.4, -0.2) is 18.2 Å². The van der Waals surface area contributed by atoms with Crippen molar-refractivity contribution in [2.45, 2.75) is 18.9 Å². The average molecular weight is 191 g/mol. The van der Waals surface area contributed by atoms with E-state index in [1.54, 1.807) is 0 Å². The van der Waals surface area contributed by atoms with Crippen molar-refractivity contribution < 1.29 is 5.11 Å². The van der Waals surface area contributed by atoms with Gasteiger partial charge < -0.3 is 10.4 Å². The molecule has 2 N–H and O–H groups in total. The molecule has 0 amide bonds. The Balaban J connectivity index is 2.30. The van der Waals surface area contributed by atoms with Crippen molar-refractivity contribution in [3.63, 3.8) is 0 Å². The number of rotatable bonds is 1. The molecule has 14 heavy (non-hydrogen) atoms. The van der Waals surface area contributed by atoms with E-state index in [1.165, 1.54) is 0 Å². The van der Waals surface area contributed by atoms with E-state index < -0.39 is 5.60 Å². The van der Waals surface area contributed by atoms with Crippen molar-refractivity contribution in [1.82, 2.24) is 5.32 Å². The monoisotopic (exact) mass is 191 g/mol. The van der Waals surface area contributed by atoms with E-state index in [1.807, 2.05) is 30.3 Å². The second-order valence-electron chi connectivity index (χ2n) is 4.15. The molecular formula is C12H17NO. The number of nitrogens with one attached hydrogen (secondary N) is 1. The van der Waals surface area contributed by atoms with Crippen LogP contribution in [0.1, 0.15) is 18.9 Å². The number of hydrogen-bond acceptors (Lipinski definition) is 2. The molecule has 1 aromatic carbocycles. The Morgan fingerprint density at radius 1 is 1.36 bits per heavy atom. The van der Waals surface area contributed by atoms with Crippen molar-refractivity contribution in [2.75, 3.05) is 13.1 Å². The number of benzene rings is 1. The second kappa shape index (κ2) is 3.71. The summed E-state index contributed by atoms with van der Waals surface area (Å²) >= 11 is 0. The molecule has 2 heteroatoms. The van der Waals surface area contributed by atoms with Crippen molar-refractivity contribution >= 4 is 0 Å². The molecule has 0 radical (unpaired) electrons. The largest absolute Gasteiger partial charge is 0.385 e. The van der Waals surface area contributed by atoms with Gasteiger partial charge in [-0.1, -0.05) is 37.3 Å². The molecule has 0 spiro atoms. The van der Waals surface area contributed by atoms with Crippen LogP contribution in [-0.2, 0) is 5.60 Å². The Bertz CT molecular complexity index is 298. The number of aliphatic hydroxyl groups is 1. The lowest BCUT2D eigenvalue weighted by Gasteiger charge is -2.39. The van der Waals surface area contributed by atoms with E-state index in [9.17, 15) is 5.11 Å². The van der Waals surface area contributed by atoms with Crippen LogP contribution in [0.4, 0.5) is 0 Å². The fourth-order valence-electron chi connectivity index (χ4n) is 2.17. The molecule has 2 atom stereocenters. The van der Waals surface area contributed by atoms with Gasteiger partial charge in [-0.25, -0.2) is 0 Å². The molecule has 0 aromatic heterocycles. The third-order valence-electron chi connectivity index (χ3n) is 3.22. The summed E-state index contributed by atoms with van der Waals surface area (Å²) in [6.07, 6.45) is 0.804. The minimum absolute atomic E-state index is 0.277. The van der Waals surface area contributed by atoms with Crippen LogP contribution >= 0.6 is 0 Å². The highest BCUT2D eigenvalue weighted by molar-refractivity contribution is 5.23. The topological polar surface area (TPSA) is 32.3 Å². The fraction of sp³-hybridized carbons (Fsp3) is 0.500. The Kier molecular flexibility index (Phi) is 2.57. The minimum atomic E-state index is -0.632. The Hall–Kier alpha value is -0.860. The first-order valence-electron chi connectivity index (χ1n) is 5.22. The van der Waals surface area contributed by atoms with Gasteiger partial charge in [0.05, 0.1) is 5.60 Å². The standard InChI is InChI=1S/C12H17NO/c1-10-9-13-8-7-12(10,14)11-5-3-2-4-6-11/h2-6,10,13-14H,7-9H2,1H3. The summed E-state index contributed by atoms with van der Waals surface area (Å²) in [6.45, 7) is 3.89. The maximum Gasteiger partial charge on any atom is 0.0946 e. The molecule has 1 aromatic rings. The molecule has 0 saturated carbocycles. The summed E-state index contributed by atoms with van der Waals surface area (Å²) in [7, 11) is 0. The molecule has 1 saturated heterocycles. The molecule has 0 bridgehead atoms. The third-order valence-corrected chi connectivity index (χ3v) is 3.22. The molecule has 1 aliphatic heterocycles. The average Bonchev–Trinajstić information content (AvgIpc) is 2.24. The summed E-state index contributed by atoms with van der Waals surface area (Å²) in [5.74, 6) is 0.277. The summed E-state index contributed by atoms with van der Waals surface area (Å²) in [4.78, 5) is 0. The Labute approximate surface area is 85.0 Å². The van der Waals surface area contributed by atoms with Crippen molar-refractivity contribution in [1.29, 1.82) is 0 Å². The maximum atomic E-state index is 10.6. The van der Waals surface area contributed by atoms with Gasteiger partial charge in [0, 0.05) is 12.5 Å². The van der Waals surface area contributed by atoms with Crippen LogP contribution in [0, 0.1) is 5.92 Å². The highest BCUT2D eigenvalue weighted by atomic mass is 16.3. The zero-order chi connectivity index (χ0) is 10.0. The smallest absolute Gasteiger partial charge is 0.0946 e. The van der Waals surface area contributed by atoms with Crippen LogP contribution in [0.25, 0.3) is 0 Å². The zero-order valence-electron chi connectivity index (χ0n) is 8.53. The molecule has 1 fully saturated rings. The van der Waals surface area contributed by atoms with Gasteiger partial charge in [-0.15, -0.1) is 0 Å². The van der Waals surface area contributed by atoms with Crippen molar-refractivity contribution in [2.24, 2.45) is 5.92 Å². The van der Waals surface area contributed by atoms with E-state index in [0.29, 0.717) is 0 Å². The fourth-order valence-corrected chi connectivity index (χ4v) is 2.17. The van der Waals surface area contributed by atoms with Gasteiger partial charge in [0.2, 0.25) is 0 Å². The van der Waals surface area contributed by atoms with Crippen molar-refractivity contribution in [3.8, 4) is 0 Å². The molecule has 2 nitrogen and oxygen atoms in total. The first-order chi connectivity index (χ1) is 6.73. The number of hydrogen-bond donors (Lipinski definition) is 2. The summed E-state index contributed by atoms with van der Waals surface area (Å²) in [5, 5.41) is 13.9. The lowest BCUT2D eigenvalue weighted by Crippen LogP contribution is -2.46. The van der Waals surface area contributed by atoms with Gasteiger partial charge in [-0.05, 0) is 18.5 Å². The predicted molar refractivity (Wildman–Crippen MR) is 57.0 cm³/mol. The van der Waals surface area contributed by atoms with Gasteiger partial charge in [-0.3, -0.25) is 0 Å². The molecule has 2 rings (SSSR count). The van der Waals surface area contributed by atoms with E-state index >= 15 is 0 Å². The first-order valence-corrected chi connectivity index (χ1v) is 5.22. The molecule has 1 aliphatic rings. The van der Waals surface area contributed by atoms with Gasteiger partial charge in [0.15, 0.2) is 0 Å². The zero-order valence-corrected chi connectivity index (χ0v) is 8.53. The van der Waals surface area contributed by atoms with E-state index in [0.717, 1.165) is 25.1 Å². The van der Waals surface area contributed by atoms with Crippen LogP contribution in [0.2, 0.25) is 0 Å².